The monoisotopic (exact) mass is 349 g/mol. The van der Waals surface area contributed by atoms with Gasteiger partial charge in [-0.1, -0.05) is 71.8 Å². The van der Waals surface area contributed by atoms with Crippen molar-refractivity contribution in [3.63, 3.8) is 0 Å². The second kappa shape index (κ2) is 6.28. The highest BCUT2D eigenvalue weighted by molar-refractivity contribution is 5.98. The van der Waals surface area contributed by atoms with Crippen LogP contribution in [0.25, 0.3) is 45.3 Å². The zero-order chi connectivity index (χ0) is 18.4. The quantitative estimate of drug-likeness (QED) is 0.494. The summed E-state index contributed by atoms with van der Waals surface area (Å²) in [7, 11) is 0. The van der Waals surface area contributed by atoms with Gasteiger partial charge in [0.25, 0.3) is 0 Å². The molecule has 0 saturated heterocycles. The lowest BCUT2D eigenvalue weighted by Gasteiger charge is -2.10. The maximum Gasteiger partial charge on any atom is 0.0544 e. The Hall–Kier alpha value is -3.06. The van der Waals surface area contributed by atoms with Gasteiger partial charge in [0.15, 0.2) is 0 Å². The van der Waals surface area contributed by atoms with Gasteiger partial charge in [-0.25, -0.2) is 0 Å². The van der Waals surface area contributed by atoms with Gasteiger partial charge in [0.2, 0.25) is 0 Å². The van der Waals surface area contributed by atoms with E-state index < -0.39 is 0 Å². The molecule has 0 aliphatic heterocycles. The van der Waals surface area contributed by atoms with Crippen LogP contribution in [-0.4, -0.2) is 4.98 Å². The summed E-state index contributed by atoms with van der Waals surface area (Å²) in [5.41, 5.74) is 8.91. The van der Waals surface area contributed by atoms with Crippen LogP contribution in [0.15, 0.2) is 60.7 Å². The van der Waals surface area contributed by atoms with Crippen LogP contribution in [0, 0.1) is 13.8 Å². The minimum Gasteiger partial charge on any atom is -0.354 e. The second-order valence-corrected chi connectivity index (χ2v) is 7.62. The first kappa shape index (κ1) is 16.1. The van der Waals surface area contributed by atoms with Gasteiger partial charge in [0.1, 0.15) is 0 Å². The van der Waals surface area contributed by atoms with Crippen LogP contribution in [-0.2, 0) is 0 Å². The Labute approximate surface area is 159 Å². The number of rotatable bonds is 2. The average Bonchev–Trinajstić information content (AvgIpc) is 3.07. The van der Waals surface area contributed by atoms with Crippen molar-refractivity contribution in [3.05, 3.63) is 82.4 Å². The van der Waals surface area contributed by atoms with Gasteiger partial charge < -0.3 is 4.98 Å². The highest BCUT2D eigenvalue weighted by Gasteiger charge is 2.12. The summed E-state index contributed by atoms with van der Waals surface area (Å²) in [6.45, 7) is 4.28. The molecule has 0 saturated carbocycles. The summed E-state index contributed by atoms with van der Waals surface area (Å²) < 4.78 is 0. The third-order valence-corrected chi connectivity index (χ3v) is 5.59. The van der Waals surface area contributed by atoms with Crippen LogP contribution in [0.1, 0.15) is 24.0 Å². The molecule has 4 aromatic rings. The van der Waals surface area contributed by atoms with E-state index >= 15 is 0 Å². The average molecular weight is 349 g/mol. The van der Waals surface area contributed by atoms with Crippen molar-refractivity contribution in [2.75, 3.05) is 0 Å². The second-order valence-electron chi connectivity index (χ2n) is 7.62. The Morgan fingerprint density at radius 1 is 0.667 bits per heavy atom. The van der Waals surface area contributed by atoms with Gasteiger partial charge in [-0.05, 0) is 55.5 Å². The number of aryl methyl sites for hydroxylation is 2. The maximum atomic E-state index is 3.70. The minimum absolute atomic E-state index is 1.12. The first-order chi connectivity index (χ1) is 13.2. The highest BCUT2D eigenvalue weighted by Crippen LogP contribution is 2.32. The standard InChI is InChI=1S/C26H23N/c1-17-7-11-19(12-8-17)21-15-23(20-13-9-18(2)10-14-20)26-24(16-21)22-5-3-4-6-25(22)27-26/h5-16,27H,3-4H2,1-2H3. The highest BCUT2D eigenvalue weighted by atomic mass is 14.7. The van der Waals surface area contributed by atoms with Crippen molar-refractivity contribution in [2.45, 2.75) is 26.7 Å². The first-order valence-electron chi connectivity index (χ1n) is 9.69. The fraction of sp³-hybridized carbons (Fsp3) is 0.154. The van der Waals surface area contributed by atoms with E-state index in [4.69, 9.17) is 0 Å². The van der Waals surface area contributed by atoms with Crippen LogP contribution >= 0.6 is 0 Å². The number of hydrogen-bond acceptors (Lipinski definition) is 0. The molecule has 0 radical (unpaired) electrons. The normalized spacial score (nSPS) is 13.1. The van der Waals surface area contributed by atoms with E-state index in [2.05, 4.69) is 91.6 Å². The van der Waals surface area contributed by atoms with Gasteiger partial charge in [0.05, 0.1) is 5.52 Å². The van der Waals surface area contributed by atoms with Crippen molar-refractivity contribution < 1.29 is 0 Å². The third-order valence-electron chi connectivity index (χ3n) is 5.59. The molecule has 132 valence electrons. The lowest BCUT2D eigenvalue weighted by atomic mass is 9.95. The molecule has 3 aromatic carbocycles. The van der Waals surface area contributed by atoms with E-state index in [0.717, 1.165) is 12.8 Å². The van der Waals surface area contributed by atoms with Gasteiger partial charge in [-0.3, -0.25) is 0 Å². The minimum atomic E-state index is 1.12. The molecule has 1 aromatic heterocycles. The van der Waals surface area contributed by atoms with Crippen molar-refractivity contribution in [1.29, 1.82) is 0 Å². The lowest BCUT2D eigenvalue weighted by molar-refractivity contribution is 1.11. The maximum absolute atomic E-state index is 3.70. The zero-order valence-corrected chi connectivity index (χ0v) is 15.8. The Kier molecular flexibility index (Phi) is 3.75. The number of hydrogen-bond donors (Lipinski definition) is 1. The smallest absolute Gasteiger partial charge is 0.0544 e. The summed E-state index contributed by atoms with van der Waals surface area (Å²) in [6, 6.07) is 22.4. The summed E-state index contributed by atoms with van der Waals surface area (Å²) in [4.78, 5) is 3.70. The number of H-pyrrole nitrogens is 1. The summed E-state index contributed by atoms with van der Waals surface area (Å²) in [5, 5.41) is 3.96. The molecule has 0 bridgehead atoms. The van der Waals surface area contributed by atoms with Gasteiger partial charge >= 0.3 is 0 Å². The Balaban J connectivity index is 1.85. The summed E-state index contributed by atoms with van der Waals surface area (Å²) in [5.74, 6) is 0. The van der Waals surface area contributed by atoms with Crippen molar-refractivity contribution in [1.82, 2.24) is 4.98 Å². The molecule has 0 fully saturated rings. The molecular weight excluding hydrogens is 326 g/mol. The number of aromatic amines is 1. The molecule has 0 atom stereocenters. The van der Waals surface area contributed by atoms with Crippen molar-refractivity contribution in [2.24, 2.45) is 0 Å². The first-order valence-corrected chi connectivity index (χ1v) is 9.69. The van der Waals surface area contributed by atoms with Gasteiger partial charge in [-0.2, -0.15) is 0 Å². The van der Waals surface area contributed by atoms with Crippen molar-refractivity contribution in [3.8, 4) is 22.3 Å². The van der Waals surface area contributed by atoms with E-state index in [1.165, 1.54) is 54.9 Å². The van der Waals surface area contributed by atoms with E-state index in [-0.39, 0.29) is 0 Å². The van der Waals surface area contributed by atoms with Gasteiger partial charge in [0, 0.05) is 21.5 Å². The SMILES string of the molecule is Cc1ccc(-c2cc(-c3ccc(C)cc3)c3[nH]c4c(c3c2)=CCCC=4)cc1. The van der Waals surface area contributed by atoms with E-state index in [1.54, 1.807) is 0 Å². The predicted octanol–water partition coefficient (Wildman–Crippen LogP) is 5.47. The number of nitrogens with one attached hydrogen (secondary N) is 1. The molecule has 27 heavy (non-hydrogen) atoms. The summed E-state index contributed by atoms with van der Waals surface area (Å²) >= 11 is 0. The topological polar surface area (TPSA) is 15.8 Å². The number of aromatic nitrogens is 1. The molecule has 5 rings (SSSR count). The third kappa shape index (κ3) is 2.80. The van der Waals surface area contributed by atoms with E-state index in [1.807, 2.05) is 0 Å². The molecule has 0 spiro atoms. The predicted molar refractivity (Wildman–Crippen MR) is 116 cm³/mol. The van der Waals surface area contributed by atoms with Gasteiger partial charge in [-0.15, -0.1) is 0 Å². The van der Waals surface area contributed by atoms with Crippen molar-refractivity contribution >= 4 is 23.1 Å². The lowest BCUT2D eigenvalue weighted by Crippen LogP contribution is -2.24. The van der Waals surface area contributed by atoms with E-state index in [9.17, 15) is 0 Å². The van der Waals surface area contributed by atoms with Crippen LogP contribution in [0.5, 0.6) is 0 Å². The Morgan fingerprint density at radius 2 is 1.30 bits per heavy atom. The van der Waals surface area contributed by atoms with Crippen LogP contribution in [0.4, 0.5) is 0 Å². The molecule has 0 amide bonds. The van der Waals surface area contributed by atoms with Crippen LogP contribution in [0.3, 0.4) is 0 Å². The molecule has 1 heteroatoms. The van der Waals surface area contributed by atoms with Crippen LogP contribution < -0.4 is 10.6 Å². The molecule has 1 N–H and O–H groups in total. The zero-order valence-electron chi connectivity index (χ0n) is 15.8. The number of benzene rings is 3. The van der Waals surface area contributed by atoms with Crippen LogP contribution in [0.2, 0.25) is 0 Å². The molecule has 1 aliphatic carbocycles. The molecular formula is C26H23N. The molecule has 1 aliphatic rings. The largest absolute Gasteiger partial charge is 0.354 e. The fourth-order valence-electron chi connectivity index (χ4n) is 4.05. The Bertz CT molecular complexity index is 1250. The van der Waals surface area contributed by atoms with E-state index in [0.29, 0.717) is 0 Å². The number of fused-ring (bicyclic) bond motifs is 3. The molecule has 0 unspecified atom stereocenters. The molecule has 1 heterocycles. The Morgan fingerprint density at radius 3 is 2.00 bits per heavy atom. The fourth-order valence-corrected chi connectivity index (χ4v) is 4.05. The summed E-state index contributed by atoms with van der Waals surface area (Å²) in [6.07, 6.45) is 6.95. The molecule has 1 nitrogen and oxygen atoms in total.